The minimum Gasteiger partial charge on any atom is -0.198 e. The van der Waals surface area contributed by atoms with Crippen LogP contribution in [0.3, 0.4) is 0 Å². The molecule has 100 valence electrons. The van der Waals surface area contributed by atoms with Gasteiger partial charge in [0.1, 0.15) is 0 Å². The molecule has 1 fully saturated rings. The van der Waals surface area contributed by atoms with Crippen molar-refractivity contribution in [2.75, 3.05) is 0 Å². The fourth-order valence-electron chi connectivity index (χ4n) is 4.49. The van der Waals surface area contributed by atoms with Crippen LogP contribution < -0.4 is 0 Å². The molecule has 18 heavy (non-hydrogen) atoms. The van der Waals surface area contributed by atoms with E-state index < -0.39 is 0 Å². The zero-order valence-corrected chi connectivity index (χ0v) is 13.5. The van der Waals surface area contributed by atoms with E-state index in [1.165, 1.54) is 24.8 Å². The lowest BCUT2D eigenvalue weighted by Gasteiger charge is -2.58. The highest BCUT2D eigenvalue weighted by molar-refractivity contribution is 9.09. The maximum atomic E-state index is 9.14. The maximum Gasteiger partial charge on any atom is 0.0628 e. The minimum absolute atomic E-state index is 0.308. The summed E-state index contributed by atoms with van der Waals surface area (Å²) in [5, 5.41) is 9.14. The smallest absolute Gasteiger partial charge is 0.0628 e. The quantitative estimate of drug-likeness (QED) is 0.490. The van der Waals surface area contributed by atoms with Crippen molar-refractivity contribution in [3.63, 3.8) is 0 Å². The van der Waals surface area contributed by atoms with Crippen LogP contribution in [0.1, 0.15) is 53.4 Å². The molecule has 0 aromatic carbocycles. The zero-order chi connectivity index (χ0) is 13.6. The van der Waals surface area contributed by atoms with Gasteiger partial charge in [-0.2, -0.15) is 5.26 Å². The zero-order valence-electron chi connectivity index (χ0n) is 12.0. The molecule has 2 aliphatic carbocycles. The molecule has 0 spiro atoms. The summed E-state index contributed by atoms with van der Waals surface area (Å²) in [6.07, 6.45) is 6.72. The number of halogens is 1. The van der Waals surface area contributed by atoms with E-state index in [1.54, 1.807) is 0 Å². The molecule has 0 amide bonds. The van der Waals surface area contributed by atoms with Crippen LogP contribution in [0.25, 0.3) is 0 Å². The van der Waals surface area contributed by atoms with Gasteiger partial charge >= 0.3 is 0 Å². The number of hydrogen-bond donors (Lipinski definition) is 0. The van der Waals surface area contributed by atoms with E-state index >= 15 is 0 Å². The summed E-state index contributed by atoms with van der Waals surface area (Å²) in [6, 6.07) is 2.41. The van der Waals surface area contributed by atoms with Gasteiger partial charge in [-0.05, 0) is 48.9 Å². The Balaban J connectivity index is 2.41. The third-order valence-corrected chi connectivity index (χ3v) is 7.39. The predicted octanol–water partition coefficient (Wildman–Crippen LogP) is 5.07. The van der Waals surface area contributed by atoms with Crippen LogP contribution in [-0.2, 0) is 0 Å². The van der Waals surface area contributed by atoms with Crippen LogP contribution in [0.4, 0.5) is 0 Å². The molecule has 0 saturated heterocycles. The van der Waals surface area contributed by atoms with Gasteiger partial charge in [0.15, 0.2) is 0 Å². The highest BCUT2D eigenvalue weighted by atomic mass is 79.9. The summed E-state index contributed by atoms with van der Waals surface area (Å²) in [6.45, 7) is 9.44. The minimum atomic E-state index is 0.308. The van der Waals surface area contributed by atoms with Crippen molar-refractivity contribution in [3.8, 4) is 6.07 Å². The number of hydrogen-bond acceptors (Lipinski definition) is 1. The topological polar surface area (TPSA) is 23.8 Å². The van der Waals surface area contributed by atoms with E-state index in [1.807, 2.05) is 0 Å². The summed E-state index contributed by atoms with van der Waals surface area (Å²) >= 11 is 3.88. The van der Waals surface area contributed by atoms with E-state index in [4.69, 9.17) is 5.26 Å². The van der Waals surface area contributed by atoms with Gasteiger partial charge in [-0.3, -0.25) is 0 Å². The fourth-order valence-corrected chi connectivity index (χ4v) is 5.04. The van der Waals surface area contributed by atoms with Crippen molar-refractivity contribution in [3.05, 3.63) is 11.6 Å². The first kappa shape index (κ1) is 14.1. The summed E-state index contributed by atoms with van der Waals surface area (Å²) < 4.78 is 0. The van der Waals surface area contributed by atoms with Crippen molar-refractivity contribution < 1.29 is 0 Å². The van der Waals surface area contributed by atoms with Crippen LogP contribution in [-0.4, -0.2) is 4.83 Å². The van der Waals surface area contributed by atoms with Gasteiger partial charge in [0.05, 0.1) is 6.07 Å². The summed E-state index contributed by atoms with van der Waals surface area (Å²) in [5.41, 5.74) is 2.07. The molecule has 4 atom stereocenters. The van der Waals surface area contributed by atoms with Crippen LogP contribution in [0, 0.1) is 34.0 Å². The third-order valence-electron chi connectivity index (χ3n) is 5.75. The number of fused-ring (bicyclic) bond motifs is 1. The Hall–Kier alpha value is -0.290. The highest BCUT2D eigenvalue weighted by Crippen LogP contribution is 2.61. The number of allylic oxidation sites excluding steroid dienone is 2. The highest BCUT2D eigenvalue weighted by Gasteiger charge is 2.54. The van der Waals surface area contributed by atoms with Gasteiger partial charge in [0, 0.05) is 11.2 Å². The van der Waals surface area contributed by atoms with Gasteiger partial charge in [-0.15, -0.1) is 0 Å². The average Bonchev–Trinajstić information content (AvgIpc) is 2.29. The summed E-state index contributed by atoms with van der Waals surface area (Å²) in [5.74, 6) is 1.14. The molecule has 0 heterocycles. The molecule has 0 aliphatic heterocycles. The molecule has 1 saturated carbocycles. The van der Waals surface area contributed by atoms with Crippen molar-refractivity contribution in [1.29, 1.82) is 5.26 Å². The molecule has 0 radical (unpaired) electrons. The van der Waals surface area contributed by atoms with Crippen molar-refractivity contribution in [2.24, 2.45) is 22.7 Å². The van der Waals surface area contributed by atoms with Gasteiger partial charge < -0.3 is 0 Å². The van der Waals surface area contributed by atoms with Crippen molar-refractivity contribution in [1.82, 2.24) is 0 Å². The van der Waals surface area contributed by atoms with E-state index in [0.717, 1.165) is 0 Å². The second-order valence-electron chi connectivity index (χ2n) is 6.98. The third kappa shape index (κ3) is 1.95. The predicted molar refractivity (Wildman–Crippen MR) is 79.4 cm³/mol. The fraction of sp³-hybridized carbons (Fsp3) is 0.812. The Bertz CT molecular complexity index is 404. The second kappa shape index (κ2) is 4.67. The molecule has 0 N–H and O–H groups in total. The number of alkyl halides is 1. The first-order valence-corrected chi connectivity index (χ1v) is 7.93. The standard InChI is InChI=1S/C16H24BrN/c1-11-5-6-13-15(2,3)14(17)7-9-16(13,4)12(11)8-10-18/h5,12-14H,6-9H2,1-4H3/t12-,13-,14+,16+/m0/s1. The van der Waals surface area contributed by atoms with Crippen LogP contribution in [0.15, 0.2) is 11.6 Å². The largest absolute Gasteiger partial charge is 0.198 e. The normalized spacial score (nSPS) is 42.7. The van der Waals surface area contributed by atoms with Gasteiger partial charge in [-0.25, -0.2) is 0 Å². The first-order valence-electron chi connectivity index (χ1n) is 7.01. The Morgan fingerprint density at radius 1 is 1.44 bits per heavy atom. The molecule has 2 aliphatic rings. The van der Waals surface area contributed by atoms with Gasteiger partial charge in [-0.1, -0.05) is 48.4 Å². The SMILES string of the molecule is CC1=CC[C@H]2C(C)(C)[C@H](Br)CC[C@]2(C)[C@H]1CC#N. The lowest BCUT2D eigenvalue weighted by molar-refractivity contribution is -0.0295. The van der Waals surface area contributed by atoms with Crippen molar-refractivity contribution in [2.45, 2.75) is 58.2 Å². The molecule has 0 bridgehead atoms. The maximum absolute atomic E-state index is 9.14. The monoisotopic (exact) mass is 309 g/mol. The lowest BCUT2D eigenvalue weighted by Crippen LogP contribution is -2.52. The summed E-state index contributed by atoms with van der Waals surface area (Å²) in [4.78, 5) is 0.609. The van der Waals surface area contributed by atoms with Crippen LogP contribution in [0.2, 0.25) is 0 Å². The van der Waals surface area contributed by atoms with Crippen molar-refractivity contribution >= 4 is 15.9 Å². The number of nitriles is 1. The van der Waals surface area contributed by atoms with Crippen LogP contribution in [0.5, 0.6) is 0 Å². The van der Waals surface area contributed by atoms with Gasteiger partial charge in [0.25, 0.3) is 0 Å². The first-order chi connectivity index (χ1) is 8.34. The van der Waals surface area contributed by atoms with Crippen LogP contribution >= 0.6 is 15.9 Å². The summed E-state index contributed by atoms with van der Waals surface area (Å²) in [7, 11) is 0. The van der Waals surface area contributed by atoms with E-state index in [2.05, 4.69) is 55.8 Å². The molecule has 0 aromatic rings. The average molecular weight is 310 g/mol. The van der Waals surface area contributed by atoms with E-state index in [0.29, 0.717) is 33.9 Å². The van der Waals surface area contributed by atoms with E-state index in [-0.39, 0.29) is 0 Å². The number of nitrogens with zero attached hydrogens (tertiary/aromatic N) is 1. The molecule has 0 aromatic heterocycles. The van der Waals surface area contributed by atoms with E-state index in [9.17, 15) is 0 Å². The second-order valence-corrected chi connectivity index (χ2v) is 8.09. The molecular weight excluding hydrogens is 286 g/mol. The Morgan fingerprint density at radius 3 is 2.72 bits per heavy atom. The Kier molecular flexibility index (Phi) is 3.67. The molecular formula is C16H24BrN. The molecule has 2 heteroatoms. The Labute approximate surface area is 120 Å². The molecule has 1 nitrogen and oxygen atoms in total. The molecule has 0 unspecified atom stereocenters. The lowest BCUT2D eigenvalue weighted by atomic mass is 9.48. The number of rotatable bonds is 1. The van der Waals surface area contributed by atoms with Gasteiger partial charge in [0.2, 0.25) is 0 Å². The molecule has 2 rings (SSSR count). The Morgan fingerprint density at radius 2 is 2.11 bits per heavy atom.